The molecule has 2 rings (SSSR count). The lowest BCUT2D eigenvalue weighted by Gasteiger charge is -2.13. The van der Waals surface area contributed by atoms with Crippen LogP contribution in [0.5, 0.6) is 5.75 Å². The number of hydrogen-bond acceptors (Lipinski definition) is 2. The van der Waals surface area contributed by atoms with Crippen LogP contribution in [-0.2, 0) is 6.42 Å². The molecule has 2 nitrogen and oxygen atoms in total. The second kappa shape index (κ2) is 5.89. The molecule has 0 radical (unpaired) electrons. The molecule has 100 valence electrons. The highest BCUT2D eigenvalue weighted by atomic mass is 16.5. The Morgan fingerprint density at radius 2 is 2.11 bits per heavy atom. The van der Waals surface area contributed by atoms with Gasteiger partial charge in [0.15, 0.2) is 0 Å². The first-order chi connectivity index (χ1) is 9.10. The van der Waals surface area contributed by atoms with Gasteiger partial charge in [-0.05, 0) is 48.2 Å². The van der Waals surface area contributed by atoms with Crippen LogP contribution in [0.1, 0.15) is 18.9 Å². The Morgan fingerprint density at radius 1 is 1.32 bits per heavy atom. The van der Waals surface area contributed by atoms with Gasteiger partial charge < -0.3 is 9.84 Å². The lowest BCUT2D eigenvalue weighted by molar-refractivity contribution is 0.176. The third-order valence-corrected chi connectivity index (χ3v) is 3.22. The highest BCUT2D eigenvalue weighted by Gasteiger charge is 2.09. The number of hydrogen-bond donors (Lipinski definition) is 1. The molecular weight excluding hydrogens is 236 g/mol. The van der Waals surface area contributed by atoms with Crippen molar-refractivity contribution in [1.29, 1.82) is 0 Å². The molecule has 0 aliphatic carbocycles. The molecule has 0 aromatic heterocycles. The normalized spacial score (nSPS) is 12.4. The molecule has 0 saturated carbocycles. The molecule has 19 heavy (non-hydrogen) atoms. The minimum absolute atomic E-state index is 0.380. The van der Waals surface area contributed by atoms with Crippen LogP contribution in [0.15, 0.2) is 48.6 Å². The van der Waals surface area contributed by atoms with E-state index < -0.39 is 0 Å². The Kier molecular flexibility index (Phi) is 4.23. The van der Waals surface area contributed by atoms with Crippen molar-refractivity contribution in [3.8, 4) is 5.75 Å². The molecule has 0 fully saturated rings. The smallest absolute Gasteiger partial charge is 0.119 e. The van der Waals surface area contributed by atoms with Gasteiger partial charge in [-0.1, -0.05) is 29.8 Å². The summed E-state index contributed by atoms with van der Waals surface area (Å²) in [5.41, 5.74) is 2.15. The second-order valence-corrected chi connectivity index (χ2v) is 5.02. The summed E-state index contributed by atoms with van der Waals surface area (Å²) < 4.78 is 5.27. The van der Waals surface area contributed by atoms with Crippen LogP contribution in [0.25, 0.3) is 10.8 Å². The van der Waals surface area contributed by atoms with Crippen LogP contribution in [0.2, 0.25) is 0 Å². The van der Waals surface area contributed by atoms with Crippen LogP contribution in [0.3, 0.4) is 0 Å². The quantitative estimate of drug-likeness (QED) is 0.826. The molecule has 0 aliphatic rings. The summed E-state index contributed by atoms with van der Waals surface area (Å²) >= 11 is 0. The molecule has 0 bridgehead atoms. The topological polar surface area (TPSA) is 29.5 Å². The Balaban J connectivity index is 2.34. The van der Waals surface area contributed by atoms with E-state index in [1.165, 1.54) is 5.39 Å². The zero-order chi connectivity index (χ0) is 13.8. The SMILES string of the molecule is C=C(C)CC(O)Cc1cccc2ccc(OC)cc12. The largest absolute Gasteiger partial charge is 0.497 e. The van der Waals surface area contributed by atoms with Crippen LogP contribution >= 0.6 is 0 Å². The maximum absolute atomic E-state index is 10.1. The van der Waals surface area contributed by atoms with Gasteiger partial charge in [0.1, 0.15) is 5.75 Å². The van der Waals surface area contributed by atoms with E-state index in [-0.39, 0.29) is 6.10 Å². The fourth-order valence-electron chi connectivity index (χ4n) is 2.35. The fraction of sp³-hybridized carbons (Fsp3) is 0.294. The van der Waals surface area contributed by atoms with E-state index in [2.05, 4.69) is 18.7 Å². The van der Waals surface area contributed by atoms with Crippen molar-refractivity contribution in [3.05, 3.63) is 54.1 Å². The predicted octanol–water partition coefficient (Wildman–Crippen LogP) is 3.72. The van der Waals surface area contributed by atoms with Crippen molar-refractivity contribution in [3.63, 3.8) is 0 Å². The van der Waals surface area contributed by atoms with Crippen molar-refractivity contribution >= 4 is 10.8 Å². The number of aliphatic hydroxyl groups excluding tert-OH is 1. The molecule has 1 unspecified atom stereocenters. The minimum Gasteiger partial charge on any atom is -0.497 e. The van der Waals surface area contributed by atoms with Gasteiger partial charge in [0.25, 0.3) is 0 Å². The lowest BCUT2D eigenvalue weighted by atomic mass is 9.97. The van der Waals surface area contributed by atoms with Gasteiger partial charge >= 0.3 is 0 Å². The third kappa shape index (κ3) is 3.36. The fourth-order valence-corrected chi connectivity index (χ4v) is 2.35. The predicted molar refractivity (Wildman–Crippen MR) is 79.6 cm³/mol. The van der Waals surface area contributed by atoms with Crippen LogP contribution < -0.4 is 4.74 Å². The molecule has 1 atom stereocenters. The van der Waals surface area contributed by atoms with Crippen molar-refractivity contribution in [2.45, 2.75) is 25.9 Å². The van der Waals surface area contributed by atoms with Crippen molar-refractivity contribution in [2.75, 3.05) is 7.11 Å². The summed E-state index contributed by atoms with van der Waals surface area (Å²) in [6.07, 6.45) is 0.895. The molecule has 1 N–H and O–H groups in total. The average molecular weight is 256 g/mol. The first-order valence-electron chi connectivity index (χ1n) is 6.48. The van der Waals surface area contributed by atoms with Crippen molar-refractivity contribution in [2.24, 2.45) is 0 Å². The summed E-state index contributed by atoms with van der Waals surface area (Å²) in [7, 11) is 1.67. The average Bonchev–Trinajstić information content (AvgIpc) is 2.37. The Morgan fingerprint density at radius 3 is 2.79 bits per heavy atom. The summed E-state index contributed by atoms with van der Waals surface area (Å²) in [5, 5.41) is 12.4. The molecule has 0 saturated heterocycles. The number of rotatable bonds is 5. The number of ether oxygens (including phenoxy) is 1. The van der Waals surface area contributed by atoms with Crippen molar-refractivity contribution < 1.29 is 9.84 Å². The van der Waals surface area contributed by atoms with Crippen LogP contribution in [0.4, 0.5) is 0 Å². The molecule has 0 aliphatic heterocycles. The Labute approximate surface area is 114 Å². The van der Waals surface area contributed by atoms with Gasteiger partial charge in [-0.25, -0.2) is 0 Å². The van der Waals surface area contributed by atoms with Crippen molar-refractivity contribution in [1.82, 2.24) is 0 Å². The third-order valence-electron chi connectivity index (χ3n) is 3.22. The molecule has 0 spiro atoms. The zero-order valence-corrected chi connectivity index (χ0v) is 11.5. The molecule has 2 aromatic rings. The van der Waals surface area contributed by atoms with Gasteiger partial charge in [0, 0.05) is 0 Å². The van der Waals surface area contributed by atoms with E-state index in [0.29, 0.717) is 12.8 Å². The molecular formula is C17H20O2. The first kappa shape index (κ1) is 13.6. The van der Waals surface area contributed by atoms with E-state index in [0.717, 1.165) is 22.3 Å². The summed E-state index contributed by atoms with van der Waals surface area (Å²) in [4.78, 5) is 0. The van der Waals surface area contributed by atoms with Gasteiger partial charge in [0.2, 0.25) is 0 Å². The van der Waals surface area contributed by atoms with Gasteiger partial charge in [-0.2, -0.15) is 0 Å². The number of methoxy groups -OCH3 is 1. The standard InChI is InChI=1S/C17H20O2/c1-12(2)9-15(18)10-14-6-4-5-13-7-8-16(19-3)11-17(13)14/h4-8,11,15,18H,1,9-10H2,2-3H3. The molecule has 0 amide bonds. The lowest BCUT2D eigenvalue weighted by Crippen LogP contribution is -2.10. The number of fused-ring (bicyclic) bond motifs is 1. The van der Waals surface area contributed by atoms with Gasteiger partial charge in [0.05, 0.1) is 13.2 Å². The second-order valence-electron chi connectivity index (χ2n) is 5.02. The van der Waals surface area contributed by atoms with Crippen LogP contribution in [-0.4, -0.2) is 18.3 Å². The summed E-state index contributed by atoms with van der Waals surface area (Å²) in [6, 6.07) is 12.2. The van der Waals surface area contributed by atoms with E-state index in [1.807, 2.05) is 31.2 Å². The maximum Gasteiger partial charge on any atom is 0.119 e. The zero-order valence-electron chi connectivity index (χ0n) is 11.5. The highest BCUT2D eigenvalue weighted by Crippen LogP contribution is 2.25. The highest BCUT2D eigenvalue weighted by molar-refractivity contribution is 5.87. The van der Waals surface area contributed by atoms with E-state index >= 15 is 0 Å². The first-order valence-corrected chi connectivity index (χ1v) is 6.48. The monoisotopic (exact) mass is 256 g/mol. The summed E-state index contributed by atoms with van der Waals surface area (Å²) in [5.74, 6) is 0.842. The van der Waals surface area contributed by atoms with E-state index in [1.54, 1.807) is 7.11 Å². The van der Waals surface area contributed by atoms with E-state index in [9.17, 15) is 5.11 Å². The Bertz CT molecular complexity index is 587. The molecule has 2 aromatic carbocycles. The number of aliphatic hydroxyl groups is 1. The molecule has 2 heteroatoms. The number of benzene rings is 2. The summed E-state index contributed by atoms with van der Waals surface area (Å²) in [6.45, 7) is 5.79. The van der Waals surface area contributed by atoms with E-state index in [4.69, 9.17) is 4.74 Å². The van der Waals surface area contributed by atoms with Gasteiger partial charge in [-0.15, -0.1) is 6.58 Å². The van der Waals surface area contributed by atoms with Crippen LogP contribution in [0, 0.1) is 0 Å². The molecule has 0 heterocycles. The minimum atomic E-state index is -0.380. The Hall–Kier alpha value is -1.80. The maximum atomic E-state index is 10.1. The van der Waals surface area contributed by atoms with Gasteiger partial charge in [-0.3, -0.25) is 0 Å².